The molecular formula is C15H16FN3. The average Bonchev–Trinajstić information content (AvgIpc) is 2.76. The van der Waals surface area contributed by atoms with Gasteiger partial charge >= 0.3 is 0 Å². The van der Waals surface area contributed by atoms with Gasteiger partial charge in [0.2, 0.25) is 0 Å². The van der Waals surface area contributed by atoms with Crippen LogP contribution in [0.2, 0.25) is 0 Å². The van der Waals surface area contributed by atoms with E-state index >= 15 is 0 Å². The molecule has 2 aromatic rings. The van der Waals surface area contributed by atoms with E-state index in [0.717, 1.165) is 11.1 Å². The SMILES string of the molecule is C[C@H](NCc1cc(C#N)n(C)c1)c1cccc(F)c1. The number of aryl methyl sites for hydroxylation is 1. The van der Waals surface area contributed by atoms with Gasteiger partial charge in [0.25, 0.3) is 0 Å². The molecule has 0 saturated carbocycles. The van der Waals surface area contributed by atoms with Gasteiger partial charge in [-0.15, -0.1) is 0 Å². The van der Waals surface area contributed by atoms with Crippen molar-refractivity contribution in [3.63, 3.8) is 0 Å². The zero-order valence-corrected chi connectivity index (χ0v) is 11.0. The van der Waals surface area contributed by atoms with Crippen molar-refractivity contribution in [2.45, 2.75) is 19.5 Å². The molecule has 1 aromatic heterocycles. The Morgan fingerprint density at radius 2 is 2.21 bits per heavy atom. The summed E-state index contributed by atoms with van der Waals surface area (Å²) in [6.45, 7) is 2.64. The summed E-state index contributed by atoms with van der Waals surface area (Å²) >= 11 is 0. The van der Waals surface area contributed by atoms with Crippen molar-refractivity contribution in [3.05, 3.63) is 59.2 Å². The standard InChI is InChI=1S/C15H16FN3/c1-11(13-4-3-5-14(16)7-13)18-9-12-6-15(8-17)19(2)10-12/h3-7,10-11,18H,9H2,1-2H3/t11-/m0/s1. The number of nitriles is 1. The summed E-state index contributed by atoms with van der Waals surface area (Å²) in [6, 6.07) is 10.6. The Hall–Kier alpha value is -2.12. The third kappa shape index (κ3) is 3.21. The Bertz CT molecular complexity index is 610. The maximum absolute atomic E-state index is 13.1. The number of hydrogen-bond acceptors (Lipinski definition) is 2. The molecule has 0 unspecified atom stereocenters. The Kier molecular flexibility index (Phi) is 3.98. The molecule has 1 atom stereocenters. The fourth-order valence-electron chi connectivity index (χ4n) is 2.01. The molecule has 0 fully saturated rings. The maximum Gasteiger partial charge on any atom is 0.123 e. The molecule has 0 aliphatic heterocycles. The molecular weight excluding hydrogens is 241 g/mol. The fourth-order valence-corrected chi connectivity index (χ4v) is 2.01. The first kappa shape index (κ1) is 13.3. The Morgan fingerprint density at radius 1 is 1.42 bits per heavy atom. The number of halogens is 1. The van der Waals surface area contributed by atoms with Crippen LogP contribution in [0.25, 0.3) is 0 Å². The van der Waals surface area contributed by atoms with E-state index in [1.54, 1.807) is 10.6 Å². The van der Waals surface area contributed by atoms with Crippen molar-refractivity contribution in [1.29, 1.82) is 5.26 Å². The summed E-state index contributed by atoms with van der Waals surface area (Å²) in [5.41, 5.74) is 2.59. The minimum Gasteiger partial charge on any atom is -0.342 e. The molecule has 0 aliphatic rings. The minimum absolute atomic E-state index is 0.0569. The van der Waals surface area contributed by atoms with Crippen LogP contribution < -0.4 is 5.32 Å². The second-order valence-corrected chi connectivity index (χ2v) is 4.61. The van der Waals surface area contributed by atoms with E-state index in [1.165, 1.54) is 12.1 Å². The van der Waals surface area contributed by atoms with Crippen LogP contribution in [0, 0.1) is 17.1 Å². The van der Waals surface area contributed by atoms with Crippen LogP contribution >= 0.6 is 0 Å². The van der Waals surface area contributed by atoms with E-state index in [9.17, 15) is 4.39 Å². The summed E-state index contributed by atoms with van der Waals surface area (Å²) < 4.78 is 14.9. The monoisotopic (exact) mass is 257 g/mol. The second kappa shape index (κ2) is 5.68. The summed E-state index contributed by atoms with van der Waals surface area (Å²) in [4.78, 5) is 0. The predicted molar refractivity (Wildman–Crippen MR) is 71.8 cm³/mol. The molecule has 0 radical (unpaired) electrons. The van der Waals surface area contributed by atoms with Crippen LogP contribution in [-0.2, 0) is 13.6 Å². The van der Waals surface area contributed by atoms with Gasteiger partial charge in [-0.05, 0) is 36.2 Å². The van der Waals surface area contributed by atoms with Gasteiger partial charge in [-0.25, -0.2) is 4.39 Å². The van der Waals surface area contributed by atoms with Crippen LogP contribution in [0.1, 0.15) is 29.8 Å². The second-order valence-electron chi connectivity index (χ2n) is 4.61. The number of hydrogen-bond donors (Lipinski definition) is 1. The summed E-state index contributed by atoms with van der Waals surface area (Å²) in [5, 5.41) is 12.2. The topological polar surface area (TPSA) is 40.8 Å². The number of nitrogens with one attached hydrogen (secondary N) is 1. The lowest BCUT2D eigenvalue weighted by Crippen LogP contribution is -2.17. The van der Waals surface area contributed by atoms with E-state index in [-0.39, 0.29) is 11.9 Å². The number of rotatable bonds is 4. The number of benzene rings is 1. The van der Waals surface area contributed by atoms with E-state index in [2.05, 4.69) is 11.4 Å². The van der Waals surface area contributed by atoms with Gasteiger partial charge < -0.3 is 9.88 Å². The van der Waals surface area contributed by atoms with Gasteiger partial charge in [-0.2, -0.15) is 5.26 Å². The quantitative estimate of drug-likeness (QED) is 0.915. The van der Waals surface area contributed by atoms with Gasteiger partial charge in [0, 0.05) is 25.8 Å². The zero-order chi connectivity index (χ0) is 13.8. The van der Waals surface area contributed by atoms with E-state index in [4.69, 9.17) is 5.26 Å². The third-order valence-electron chi connectivity index (χ3n) is 3.14. The Balaban J connectivity index is 2.00. The zero-order valence-electron chi connectivity index (χ0n) is 11.0. The molecule has 0 aliphatic carbocycles. The van der Waals surface area contributed by atoms with Crippen LogP contribution in [-0.4, -0.2) is 4.57 Å². The minimum atomic E-state index is -0.224. The van der Waals surface area contributed by atoms with Crippen molar-refractivity contribution in [3.8, 4) is 6.07 Å². The summed E-state index contributed by atoms with van der Waals surface area (Å²) in [5.74, 6) is -0.224. The molecule has 3 nitrogen and oxygen atoms in total. The van der Waals surface area contributed by atoms with E-state index < -0.39 is 0 Å². The Labute approximate surface area is 112 Å². The lowest BCUT2D eigenvalue weighted by atomic mass is 10.1. The average molecular weight is 257 g/mol. The normalized spacial score (nSPS) is 12.1. The number of nitrogens with zero attached hydrogens (tertiary/aromatic N) is 2. The molecule has 2 rings (SSSR count). The first-order valence-corrected chi connectivity index (χ1v) is 6.14. The van der Waals surface area contributed by atoms with Crippen molar-refractivity contribution < 1.29 is 4.39 Å². The molecule has 0 bridgehead atoms. The molecule has 0 spiro atoms. The van der Waals surface area contributed by atoms with Crippen molar-refractivity contribution >= 4 is 0 Å². The van der Waals surface area contributed by atoms with Gasteiger partial charge in [-0.1, -0.05) is 12.1 Å². The van der Waals surface area contributed by atoms with Gasteiger partial charge in [0.1, 0.15) is 17.6 Å². The van der Waals surface area contributed by atoms with Crippen molar-refractivity contribution in [1.82, 2.24) is 9.88 Å². The highest BCUT2D eigenvalue weighted by Gasteiger charge is 2.07. The third-order valence-corrected chi connectivity index (χ3v) is 3.14. The molecule has 19 heavy (non-hydrogen) atoms. The molecule has 1 heterocycles. The number of aromatic nitrogens is 1. The maximum atomic E-state index is 13.1. The van der Waals surface area contributed by atoms with Crippen LogP contribution in [0.3, 0.4) is 0 Å². The van der Waals surface area contributed by atoms with Crippen molar-refractivity contribution in [2.24, 2.45) is 7.05 Å². The Morgan fingerprint density at radius 3 is 2.84 bits per heavy atom. The van der Waals surface area contributed by atoms with Crippen LogP contribution in [0.4, 0.5) is 4.39 Å². The van der Waals surface area contributed by atoms with E-state index in [1.807, 2.05) is 32.3 Å². The largest absolute Gasteiger partial charge is 0.342 e. The molecule has 1 N–H and O–H groups in total. The lowest BCUT2D eigenvalue weighted by molar-refractivity contribution is 0.565. The summed E-state index contributed by atoms with van der Waals surface area (Å²) in [6.07, 6.45) is 1.92. The first-order valence-electron chi connectivity index (χ1n) is 6.14. The van der Waals surface area contributed by atoms with Crippen LogP contribution in [0.5, 0.6) is 0 Å². The molecule has 98 valence electrons. The molecule has 4 heteroatoms. The summed E-state index contributed by atoms with van der Waals surface area (Å²) in [7, 11) is 1.85. The van der Waals surface area contributed by atoms with Gasteiger partial charge in [-0.3, -0.25) is 0 Å². The molecule has 1 aromatic carbocycles. The first-order chi connectivity index (χ1) is 9.10. The molecule has 0 saturated heterocycles. The lowest BCUT2D eigenvalue weighted by Gasteiger charge is -2.13. The highest BCUT2D eigenvalue weighted by atomic mass is 19.1. The predicted octanol–water partition coefficient (Wildman–Crippen LogP) is 2.89. The van der Waals surface area contributed by atoms with Crippen LogP contribution in [0.15, 0.2) is 36.5 Å². The van der Waals surface area contributed by atoms with Crippen molar-refractivity contribution in [2.75, 3.05) is 0 Å². The van der Waals surface area contributed by atoms with E-state index in [0.29, 0.717) is 12.2 Å². The fraction of sp³-hybridized carbons (Fsp3) is 0.267. The van der Waals surface area contributed by atoms with Gasteiger partial charge in [0.05, 0.1) is 0 Å². The molecule has 0 amide bonds. The highest BCUT2D eigenvalue weighted by Crippen LogP contribution is 2.15. The van der Waals surface area contributed by atoms with Gasteiger partial charge in [0.15, 0.2) is 0 Å². The highest BCUT2D eigenvalue weighted by molar-refractivity contribution is 5.28. The smallest absolute Gasteiger partial charge is 0.123 e.